The zero-order chi connectivity index (χ0) is 15.3. The monoisotopic (exact) mass is 278 g/mol. The summed E-state index contributed by atoms with van der Waals surface area (Å²) in [4.78, 5) is 26.3. The second-order valence-corrected chi connectivity index (χ2v) is 7.08. The number of ether oxygens (including phenoxy) is 1. The number of nitrogens with zero attached hydrogens (tertiary/aromatic N) is 2. The number of rotatable bonds is 0. The molecule has 5 heteroatoms. The third-order valence-electron chi connectivity index (χ3n) is 4.42. The predicted molar refractivity (Wildman–Crippen MR) is 72.7 cm³/mol. The van der Waals surface area contributed by atoms with Crippen molar-refractivity contribution in [3.8, 4) is 6.07 Å². The lowest BCUT2D eigenvalue weighted by molar-refractivity contribution is -0.133. The van der Waals surface area contributed by atoms with E-state index in [0.29, 0.717) is 6.54 Å². The first-order chi connectivity index (χ1) is 9.12. The van der Waals surface area contributed by atoms with Crippen LogP contribution in [0, 0.1) is 28.6 Å². The Balaban J connectivity index is 2.24. The van der Waals surface area contributed by atoms with Crippen molar-refractivity contribution in [3.05, 3.63) is 0 Å². The molecule has 110 valence electrons. The minimum atomic E-state index is -0.749. The fraction of sp³-hybridized carbons (Fsp3) is 0.800. The maximum absolute atomic E-state index is 12.4. The average Bonchev–Trinajstić information content (AvgIpc) is 2.94. The number of carbonyl (C=O) groups excluding carboxylic acids is 2. The van der Waals surface area contributed by atoms with Crippen molar-refractivity contribution in [2.75, 3.05) is 6.54 Å². The van der Waals surface area contributed by atoms with E-state index in [1.807, 2.05) is 27.7 Å². The van der Waals surface area contributed by atoms with E-state index in [9.17, 15) is 14.9 Å². The number of likely N-dealkylation sites (tertiary alicyclic amines) is 1. The third kappa shape index (κ3) is 2.28. The molecule has 0 aromatic carbocycles. The fourth-order valence-electron chi connectivity index (χ4n) is 3.00. The molecule has 2 unspecified atom stereocenters. The van der Waals surface area contributed by atoms with Crippen LogP contribution in [0.2, 0.25) is 0 Å². The number of amides is 1. The van der Waals surface area contributed by atoms with Crippen LogP contribution in [0.15, 0.2) is 0 Å². The van der Waals surface area contributed by atoms with Gasteiger partial charge >= 0.3 is 6.09 Å². The molecule has 1 saturated carbocycles. The van der Waals surface area contributed by atoms with Gasteiger partial charge in [0.15, 0.2) is 5.78 Å². The standard InChI is InChI=1S/C15H22N2O3/c1-9-6-15(9)8-17(13(19)20-14(3,4)5)10(2)11(7-16)12(15)18/h9-11H,6,8H2,1-5H3/t9-,10-,11?,15?/m0/s1. The first-order valence-electron chi connectivity index (χ1n) is 7.06. The predicted octanol–water partition coefficient (Wildman–Crippen LogP) is 2.36. The Morgan fingerprint density at radius 1 is 1.45 bits per heavy atom. The molecular weight excluding hydrogens is 256 g/mol. The van der Waals surface area contributed by atoms with Gasteiger partial charge in [-0.1, -0.05) is 6.92 Å². The van der Waals surface area contributed by atoms with Crippen molar-refractivity contribution < 1.29 is 14.3 Å². The molecule has 1 heterocycles. The van der Waals surface area contributed by atoms with E-state index >= 15 is 0 Å². The number of piperidine rings is 1. The van der Waals surface area contributed by atoms with Crippen LogP contribution in [-0.4, -0.2) is 35.0 Å². The molecular formula is C15H22N2O3. The van der Waals surface area contributed by atoms with Crippen molar-refractivity contribution in [2.24, 2.45) is 17.3 Å². The minimum Gasteiger partial charge on any atom is -0.444 e. The second kappa shape index (κ2) is 4.47. The maximum atomic E-state index is 12.4. The molecule has 2 fully saturated rings. The van der Waals surface area contributed by atoms with Gasteiger partial charge < -0.3 is 9.64 Å². The van der Waals surface area contributed by atoms with E-state index in [1.54, 1.807) is 11.8 Å². The highest BCUT2D eigenvalue weighted by Gasteiger charge is 2.64. The summed E-state index contributed by atoms with van der Waals surface area (Å²) in [7, 11) is 0. The molecule has 1 saturated heterocycles. The van der Waals surface area contributed by atoms with E-state index < -0.39 is 29.1 Å². The number of ketones is 1. The third-order valence-corrected chi connectivity index (χ3v) is 4.42. The van der Waals surface area contributed by atoms with Crippen molar-refractivity contribution >= 4 is 11.9 Å². The van der Waals surface area contributed by atoms with Gasteiger partial charge in [0.25, 0.3) is 0 Å². The Labute approximate surface area is 119 Å². The maximum Gasteiger partial charge on any atom is 0.410 e. The molecule has 20 heavy (non-hydrogen) atoms. The summed E-state index contributed by atoms with van der Waals surface area (Å²) in [5, 5.41) is 9.26. The Kier molecular flexibility index (Phi) is 3.32. The Morgan fingerprint density at radius 3 is 2.40 bits per heavy atom. The number of nitriles is 1. The van der Waals surface area contributed by atoms with Crippen molar-refractivity contribution in [1.82, 2.24) is 4.90 Å². The summed E-state index contributed by atoms with van der Waals surface area (Å²) < 4.78 is 5.40. The van der Waals surface area contributed by atoms with E-state index in [2.05, 4.69) is 6.07 Å². The molecule has 0 aromatic heterocycles. The Bertz CT molecular complexity index is 488. The summed E-state index contributed by atoms with van der Waals surface area (Å²) in [6.45, 7) is 9.54. The molecule has 2 aliphatic rings. The van der Waals surface area contributed by atoms with Crippen LogP contribution in [0.1, 0.15) is 41.0 Å². The van der Waals surface area contributed by atoms with Gasteiger partial charge in [-0.15, -0.1) is 0 Å². The zero-order valence-corrected chi connectivity index (χ0v) is 12.8. The number of hydrogen-bond acceptors (Lipinski definition) is 4. The number of carbonyl (C=O) groups is 2. The van der Waals surface area contributed by atoms with Crippen LogP contribution in [-0.2, 0) is 9.53 Å². The van der Waals surface area contributed by atoms with Crippen molar-refractivity contribution in [2.45, 2.75) is 52.7 Å². The zero-order valence-electron chi connectivity index (χ0n) is 12.8. The molecule has 1 aliphatic carbocycles. The van der Waals surface area contributed by atoms with E-state index in [4.69, 9.17) is 4.74 Å². The van der Waals surface area contributed by atoms with Gasteiger partial charge in [0.2, 0.25) is 0 Å². The smallest absolute Gasteiger partial charge is 0.410 e. The SMILES string of the molecule is C[C@H]1C(C#N)C(=O)C2(C[C@@H]2C)CN1C(=O)OC(C)(C)C. The molecule has 0 bridgehead atoms. The van der Waals surface area contributed by atoms with Gasteiger partial charge in [-0.3, -0.25) is 4.79 Å². The molecule has 1 spiro atoms. The van der Waals surface area contributed by atoms with Crippen molar-refractivity contribution in [1.29, 1.82) is 5.26 Å². The van der Waals surface area contributed by atoms with Gasteiger partial charge in [0.05, 0.1) is 17.5 Å². The summed E-state index contributed by atoms with van der Waals surface area (Å²) in [5.74, 6) is -0.510. The topological polar surface area (TPSA) is 70.4 Å². The van der Waals surface area contributed by atoms with Crippen LogP contribution >= 0.6 is 0 Å². The molecule has 0 N–H and O–H groups in total. The summed E-state index contributed by atoms with van der Waals surface area (Å²) in [6.07, 6.45) is 0.326. The summed E-state index contributed by atoms with van der Waals surface area (Å²) in [6, 6.07) is 1.64. The Morgan fingerprint density at radius 2 is 2.00 bits per heavy atom. The molecule has 1 amide bonds. The van der Waals surface area contributed by atoms with Crippen LogP contribution < -0.4 is 0 Å². The molecule has 1 aliphatic heterocycles. The molecule has 2 rings (SSSR count). The molecule has 0 aromatic rings. The normalized spacial score (nSPS) is 36.7. The van der Waals surface area contributed by atoms with Gasteiger partial charge in [-0.05, 0) is 40.0 Å². The van der Waals surface area contributed by atoms with E-state index in [0.717, 1.165) is 6.42 Å². The van der Waals surface area contributed by atoms with E-state index in [1.165, 1.54) is 0 Å². The highest BCUT2D eigenvalue weighted by Crippen LogP contribution is 2.57. The van der Waals surface area contributed by atoms with Crippen molar-refractivity contribution in [3.63, 3.8) is 0 Å². The molecule has 4 atom stereocenters. The number of hydrogen-bond donors (Lipinski definition) is 0. The lowest BCUT2D eigenvalue weighted by Crippen LogP contribution is -2.56. The molecule has 0 radical (unpaired) electrons. The van der Waals surface area contributed by atoms with Gasteiger partial charge in [0.1, 0.15) is 11.5 Å². The van der Waals surface area contributed by atoms with Gasteiger partial charge in [-0.25, -0.2) is 4.79 Å². The van der Waals surface area contributed by atoms with Crippen LogP contribution in [0.25, 0.3) is 0 Å². The van der Waals surface area contributed by atoms with Gasteiger partial charge in [-0.2, -0.15) is 5.26 Å². The second-order valence-electron chi connectivity index (χ2n) is 7.08. The van der Waals surface area contributed by atoms with Gasteiger partial charge in [0, 0.05) is 6.54 Å². The van der Waals surface area contributed by atoms with Crippen LogP contribution in [0.3, 0.4) is 0 Å². The largest absolute Gasteiger partial charge is 0.444 e. The quantitative estimate of drug-likeness (QED) is 0.682. The summed E-state index contributed by atoms with van der Waals surface area (Å²) >= 11 is 0. The highest BCUT2D eigenvalue weighted by atomic mass is 16.6. The molecule has 5 nitrogen and oxygen atoms in total. The first-order valence-corrected chi connectivity index (χ1v) is 7.06. The Hall–Kier alpha value is -1.57. The van der Waals surface area contributed by atoms with Crippen LogP contribution in [0.5, 0.6) is 0 Å². The fourth-order valence-corrected chi connectivity index (χ4v) is 3.00. The average molecular weight is 278 g/mol. The minimum absolute atomic E-state index is 0.000177. The van der Waals surface area contributed by atoms with Crippen LogP contribution in [0.4, 0.5) is 4.79 Å². The highest BCUT2D eigenvalue weighted by molar-refractivity contribution is 5.94. The summed E-state index contributed by atoms with van der Waals surface area (Å²) in [5.41, 5.74) is -1.09. The number of Topliss-reactive ketones (excluding diaryl/α,β-unsaturated/α-hetero) is 1. The van der Waals surface area contributed by atoms with E-state index in [-0.39, 0.29) is 11.7 Å². The lowest BCUT2D eigenvalue weighted by atomic mass is 9.80. The first kappa shape index (κ1) is 14.8. The lowest BCUT2D eigenvalue weighted by Gasteiger charge is -2.40.